The van der Waals surface area contributed by atoms with E-state index in [9.17, 15) is 0 Å². The molecule has 1 aliphatic carbocycles. The molecule has 6 aromatic carbocycles. The Morgan fingerprint density at radius 2 is 1.16 bits per heavy atom. The SMILES string of the molecule is Cc1cc(C)c(-c2c[c-]c3c(c2)-c2cc(-c4c(C)cc(C)cc4C)ccc2C3)c(C)c1.Clc1ccc(Cl)c2[cH-]ccc12.[CH3-].[CH3-].[Ti+4]. The molecule has 0 N–H and O–H groups in total. The molecule has 0 atom stereocenters. The molecule has 0 heterocycles. The first kappa shape index (κ1) is 36.5. The molecule has 1 aliphatic rings. The second kappa shape index (κ2) is 14.6. The van der Waals surface area contributed by atoms with Crippen molar-refractivity contribution in [3.8, 4) is 33.4 Å². The smallest absolute Gasteiger partial charge is 0.358 e. The Morgan fingerprint density at radius 3 is 1.73 bits per heavy atom. The summed E-state index contributed by atoms with van der Waals surface area (Å²) in [6, 6.07) is 33.9. The van der Waals surface area contributed by atoms with E-state index in [4.69, 9.17) is 23.2 Å². The average molecular weight is 664 g/mol. The summed E-state index contributed by atoms with van der Waals surface area (Å²) < 4.78 is 0. The van der Waals surface area contributed by atoms with Crippen LogP contribution in [0, 0.1) is 62.5 Å². The number of hydrogen-bond acceptors (Lipinski definition) is 0. The van der Waals surface area contributed by atoms with E-state index in [-0.39, 0.29) is 36.6 Å². The molecule has 0 saturated carbocycles. The van der Waals surface area contributed by atoms with Crippen LogP contribution < -0.4 is 0 Å². The second-order valence-electron chi connectivity index (χ2n) is 11.8. The molecular formula is C42H40Cl2Ti. The topological polar surface area (TPSA) is 0 Å². The number of halogens is 2. The van der Waals surface area contributed by atoms with Gasteiger partial charge >= 0.3 is 21.7 Å². The molecule has 226 valence electrons. The maximum atomic E-state index is 5.91. The van der Waals surface area contributed by atoms with Crippen molar-refractivity contribution < 1.29 is 21.7 Å². The van der Waals surface area contributed by atoms with Gasteiger partial charge in [-0.2, -0.15) is 35.9 Å². The van der Waals surface area contributed by atoms with Gasteiger partial charge in [-0.1, -0.05) is 105 Å². The number of hydrogen-bond donors (Lipinski definition) is 0. The van der Waals surface area contributed by atoms with E-state index < -0.39 is 0 Å². The first-order valence-electron chi connectivity index (χ1n) is 14.4. The summed E-state index contributed by atoms with van der Waals surface area (Å²) in [6.45, 7) is 13.2. The van der Waals surface area contributed by atoms with Crippen LogP contribution in [-0.2, 0) is 28.1 Å². The average Bonchev–Trinajstić information content (AvgIpc) is 3.56. The summed E-state index contributed by atoms with van der Waals surface area (Å²) in [5.74, 6) is 0. The Balaban J connectivity index is 0.000000335. The molecule has 0 aliphatic heterocycles. The first-order chi connectivity index (χ1) is 20.1. The van der Waals surface area contributed by atoms with Crippen LogP contribution >= 0.6 is 23.2 Å². The summed E-state index contributed by atoms with van der Waals surface area (Å²) >= 11 is 11.8. The zero-order valence-corrected chi connectivity index (χ0v) is 30.6. The second-order valence-corrected chi connectivity index (χ2v) is 12.6. The van der Waals surface area contributed by atoms with E-state index in [1.54, 1.807) is 0 Å². The van der Waals surface area contributed by atoms with Gasteiger partial charge in [0.2, 0.25) is 0 Å². The third-order valence-corrected chi connectivity index (χ3v) is 9.09. The van der Waals surface area contributed by atoms with Crippen molar-refractivity contribution in [2.75, 3.05) is 0 Å². The van der Waals surface area contributed by atoms with Gasteiger partial charge in [0.1, 0.15) is 0 Å². The van der Waals surface area contributed by atoms with E-state index in [1.165, 1.54) is 77.9 Å². The van der Waals surface area contributed by atoms with Crippen LogP contribution in [0.5, 0.6) is 0 Å². The summed E-state index contributed by atoms with van der Waals surface area (Å²) in [7, 11) is 0. The molecule has 0 unspecified atom stereocenters. The monoisotopic (exact) mass is 662 g/mol. The van der Waals surface area contributed by atoms with Crippen LogP contribution in [0.4, 0.5) is 0 Å². The van der Waals surface area contributed by atoms with Gasteiger partial charge in [0.25, 0.3) is 0 Å². The van der Waals surface area contributed by atoms with Crippen LogP contribution in [0.15, 0.2) is 84.9 Å². The predicted octanol–water partition coefficient (Wildman–Crippen LogP) is 13.0. The standard InChI is InChI=1S/C31H29.C9H5Cl2.2CH3.Ti/c1-18-11-20(3)30(21(4)12-18)26-9-7-24-15-25-8-10-27(17-29(25)28(24)16-26)31-22(5)13-19(2)14-23(31)6;10-8-4-5-9(11)7-3-1-2-6(7)8;;;/h7,9-14,16-17H,15H2,1-6H3;1-5H;2*1H3;/q4*-1;+4. The maximum Gasteiger partial charge on any atom is 4.00 e. The quantitative estimate of drug-likeness (QED) is 0.128. The molecule has 3 heteroatoms. The molecule has 0 fully saturated rings. The van der Waals surface area contributed by atoms with E-state index in [2.05, 4.69) is 102 Å². The number of fused-ring (bicyclic) bond motifs is 4. The molecule has 0 saturated heterocycles. The van der Waals surface area contributed by atoms with Crippen molar-refractivity contribution in [1.82, 2.24) is 0 Å². The first-order valence-corrected chi connectivity index (χ1v) is 15.2. The minimum atomic E-state index is 0. The summed E-state index contributed by atoms with van der Waals surface area (Å²) in [5.41, 5.74) is 18.8. The molecular weight excluding hydrogens is 623 g/mol. The van der Waals surface area contributed by atoms with Gasteiger partial charge in [-0.05, 0) is 80.3 Å². The molecule has 0 nitrogen and oxygen atoms in total. The number of benzene rings is 5. The molecule has 0 aromatic heterocycles. The fraction of sp³-hybridized carbons (Fsp3) is 0.167. The summed E-state index contributed by atoms with van der Waals surface area (Å²) in [4.78, 5) is 0. The van der Waals surface area contributed by atoms with Crippen LogP contribution in [0.2, 0.25) is 10.0 Å². The Hall–Kier alpha value is -3.00. The molecule has 0 amide bonds. The van der Waals surface area contributed by atoms with Gasteiger partial charge in [-0.25, -0.2) is 0 Å². The number of rotatable bonds is 2. The molecule has 0 spiro atoms. The molecule has 45 heavy (non-hydrogen) atoms. The Bertz CT molecular complexity index is 1810. The van der Waals surface area contributed by atoms with Gasteiger partial charge in [-0.3, -0.25) is 0 Å². The molecule has 0 radical (unpaired) electrons. The zero-order valence-electron chi connectivity index (χ0n) is 27.5. The molecule has 0 bridgehead atoms. The van der Waals surface area contributed by atoms with Gasteiger partial charge in [-0.15, -0.1) is 39.6 Å². The summed E-state index contributed by atoms with van der Waals surface area (Å²) in [6.07, 6.45) is 0.975. The third-order valence-electron chi connectivity index (χ3n) is 8.43. The van der Waals surface area contributed by atoms with E-state index in [0.717, 1.165) is 27.2 Å². The minimum absolute atomic E-state index is 0. The van der Waals surface area contributed by atoms with E-state index in [0.29, 0.717) is 0 Å². The van der Waals surface area contributed by atoms with Crippen molar-refractivity contribution in [3.63, 3.8) is 0 Å². The van der Waals surface area contributed by atoms with Crippen molar-refractivity contribution >= 4 is 34.0 Å². The van der Waals surface area contributed by atoms with Crippen LogP contribution in [0.25, 0.3) is 44.2 Å². The zero-order chi connectivity index (χ0) is 29.7. The summed E-state index contributed by atoms with van der Waals surface area (Å²) in [5, 5.41) is 3.57. The largest absolute Gasteiger partial charge is 4.00 e. The Kier molecular flexibility index (Phi) is 11.8. The van der Waals surface area contributed by atoms with Crippen molar-refractivity contribution in [2.24, 2.45) is 0 Å². The van der Waals surface area contributed by atoms with E-state index in [1.807, 2.05) is 30.3 Å². The van der Waals surface area contributed by atoms with Crippen LogP contribution in [0.3, 0.4) is 0 Å². The Labute approximate surface area is 295 Å². The van der Waals surface area contributed by atoms with Gasteiger partial charge in [0.15, 0.2) is 0 Å². The van der Waals surface area contributed by atoms with Crippen molar-refractivity contribution in [2.45, 2.75) is 48.0 Å². The van der Waals surface area contributed by atoms with Gasteiger partial charge in [0.05, 0.1) is 0 Å². The third kappa shape index (κ3) is 7.06. The predicted molar refractivity (Wildman–Crippen MR) is 195 cm³/mol. The van der Waals surface area contributed by atoms with Gasteiger partial charge in [0, 0.05) is 0 Å². The van der Waals surface area contributed by atoms with Crippen LogP contribution in [0.1, 0.15) is 44.5 Å². The van der Waals surface area contributed by atoms with Crippen molar-refractivity contribution in [3.05, 3.63) is 160 Å². The normalized spacial score (nSPS) is 10.9. The molecule has 6 aromatic rings. The van der Waals surface area contributed by atoms with Gasteiger partial charge < -0.3 is 14.9 Å². The number of aryl methyl sites for hydroxylation is 6. The van der Waals surface area contributed by atoms with Crippen molar-refractivity contribution in [1.29, 1.82) is 0 Å². The van der Waals surface area contributed by atoms with Crippen LogP contribution in [-0.4, -0.2) is 0 Å². The van der Waals surface area contributed by atoms with E-state index >= 15 is 0 Å². The fourth-order valence-electron chi connectivity index (χ4n) is 6.82. The minimum Gasteiger partial charge on any atom is -0.358 e. The fourth-order valence-corrected chi connectivity index (χ4v) is 7.27. The Morgan fingerprint density at radius 1 is 0.622 bits per heavy atom. The molecule has 7 rings (SSSR count). The maximum absolute atomic E-state index is 5.91.